The van der Waals surface area contributed by atoms with E-state index in [2.05, 4.69) is 10.9 Å². The fourth-order valence-corrected chi connectivity index (χ4v) is 1.24. The normalized spacial score (nSPS) is 11.2. The average Bonchev–Trinajstić information content (AvgIpc) is 2.42. The Balaban J connectivity index is 2.33. The smallest absolute Gasteiger partial charge is 0.320 e. The monoisotopic (exact) mass is 262 g/mol. The molecule has 0 aliphatic heterocycles. The number of rotatable bonds is 6. The van der Waals surface area contributed by atoms with E-state index in [4.69, 9.17) is 16.1 Å². The molecule has 7 heteroatoms. The lowest BCUT2D eigenvalue weighted by Crippen LogP contribution is -2.34. The van der Waals surface area contributed by atoms with E-state index in [9.17, 15) is 9.59 Å². The number of carbonyl (C=O) groups excluding carboxylic acids is 1. The van der Waals surface area contributed by atoms with Crippen molar-refractivity contribution in [1.29, 1.82) is 5.26 Å². The van der Waals surface area contributed by atoms with Gasteiger partial charge < -0.3 is 10.8 Å². The number of nitrogens with zero attached hydrogens (tertiary/aromatic N) is 1. The van der Waals surface area contributed by atoms with Crippen molar-refractivity contribution < 1.29 is 14.7 Å². The number of carbonyl (C=O) groups is 2. The summed E-state index contributed by atoms with van der Waals surface area (Å²) in [6.45, 7) is 0. The summed E-state index contributed by atoms with van der Waals surface area (Å²) in [5, 5.41) is 17.2. The molecule has 0 fully saturated rings. The van der Waals surface area contributed by atoms with Gasteiger partial charge in [-0.05, 0) is 30.7 Å². The number of hydrogen-bond donors (Lipinski definition) is 4. The minimum atomic E-state index is -1.13. The Morgan fingerprint density at radius 2 is 2.00 bits per heavy atom. The van der Waals surface area contributed by atoms with Crippen LogP contribution in [0.2, 0.25) is 0 Å². The molecular formula is C12H14N4O3. The molecule has 0 bridgehead atoms. The first kappa shape index (κ1) is 14.5. The molecule has 7 nitrogen and oxygen atoms in total. The van der Waals surface area contributed by atoms with Gasteiger partial charge in [-0.3, -0.25) is 20.4 Å². The summed E-state index contributed by atoms with van der Waals surface area (Å²) >= 11 is 0. The van der Waals surface area contributed by atoms with Gasteiger partial charge in [0.2, 0.25) is 5.91 Å². The highest BCUT2D eigenvalue weighted by Crippen LogP contribution is 2.07. The number of nitrogens with two attached hydrogens (primary N) is 1. The molecule has 0 saturated heterocycles. The Labute approximate surface area is 110 Å². The van der Waals surface area contributed by atoms with Gasteiger partial charge in [0, 0.05) is 6.42 Å². The highest BCUT2D eigenvalue weighted by molar-refractivity contribution is 5.79. The Morgan fingerprint density at radius 3 is 2.53 bits per heavy atom. The second kappa shape index (κ2) is 6.98. The fraction of sp³-hybridized carbons (Fsp3) is 0.250. The largest absolute Gasteiger partial charge is 0.480 e. The van der Waals surface area contributed by atoms with Gasteiger partial charge in [-0.15, -0.1) is 0 Å². The summed E-state index contributed by atoms with van der Waals surface area (Å²) in [4.78, 5) is 21.8. The molecule has 1 aromatic carbocycles. The molecule has 0 aliphatic rings. The van der Waals surface area contributed by atoms with Crippen LogP contribution in [0.15, 0.2) is 24.3 Å². The molecule has 0 saturated carbocycles. The first-order valence-corrected chi connectivity index (χ1v) is 5.56. The fourth-order valence-electron chi connectivity index (χ4n) is 1.24. The molecule has 19 heavy (non-hydrogen) atoms. The average molecular weight is 262 g/mol. The first-order chi connectivity index (χ1) is 9.02. The zero-order valence-corrected chi connectivity index (χ0v) is 10.1. The van der Waals surface area contributed by atoms with Crippen molar-refractivity contribution in [3.05, 3.63) is 29.8 Å². The van der Waals surface area contributed by atoms with Gasteiger partial charge in [0.25, 0.3) is 0 Å². The molecule has 1 aromatic rings. The SMILES string of the molecule is N#Cc1ccc(NNC(=O)CC[C@@H](N)C(=O)O)cc1. The predicted molar refractivity (Wildman–Crippen MR) is 67.8 cm³/mol. The maximum absolute atomic E-state index is 11.4. The number of hydrazine groups is 1. The molecule has 0 heterocycles. The van der Waals surface area contributed by atoms with Crippen molar-refractivity contribution in [3.8, 4) is 6.07 Å². The molecular weight excluding hydrogens is 248 g/mol. The molecule has 100 valence electrons. The van der Waals surface area contributed by atoms with E-state index in [1.165, 1.54) is 0 Å². The van der Waals surface area contributed by atoms with Crippen molar-refractivity contribution in [2.75, 3.05) is 5.43 Å². The van der Waals surface area contributed by atoms with E-state index in [-0.39, 0.29) is 18.7 Å². The molecule has 0 aromatic heterocycles. The topological polar surface area (TPSA) is 128 Å². The zero-order valence-electron chi connectivity index (χ0n) is 10.1. The van der Waals surface area contributed by atoms with Crippen LogP contribution in [-0.2, 0) is 9.59 Å². The highest BCUT2D eigenvalue weighted by atomic mass is 16.4. The van der Waals surface area contributed by atoms with E-state index in [0.717, 1.165) is 0 Å². The molecule has 0 spiro atoms. The van der Waals surface area contributed by atoms with Crippen molar-refractivity contribution in [2.24, 2.45) is 5.73 Å². The van der Waals surface area contributed by atoms with Gasteiger partial charge in [-0.2, -0.15) is 5.26 Å². The number of carboxylic acid groups (broad SMARTS) is 1. The summed E-state index contributed by atoms with van der Waals surface area (Å²) in [5.41, 5.74) is 11.5. The van der Waals surface area contributed by atoms with Crippen LogP contribution in [0.4, 0.5) is 5.69 Å². The lowest BCUT2D eigenvalue weighted by atomic mass is 10.1. The van der Waals surface area contributed by atoms with E-state index in [1.54, 1.807) is 24.3 Å². The van der Waals surface area contributed by atoms with Gasteiger partial charge in [0.1, 0.15) is 6.04 Å². The molecule has 0 aliphatic carbocycles. The molecule has 0 radical (unpaired) electrons. The minimum absolute atomic E-state index is 0.0107. The second-order valence-corrected chi connectivity index (χ2v) is 3.85. The van der Waals surface area contributed by atoms with Crippen LogP contribution in [0.1, 0.15) is 18.4 Å². The van der Waals surface area contributed by atoms with Gasteiger partial charge in [0.05, 0.1) is 17.3 Å². The van der Waals surface area contributed by atoms with Crippen LogP contribution >= 0.6 is 0 Å². The number of nitrogens with one attached hydrogen (secondary N) is 2. The quantitative estimate of drug-likeness (QED) is 0.542. The van der Waals surface area contributed by atoms with Crippen LogP contribution in [0.25, 0.3) is 0 Å². The number of benzene rings is 1. The van der Waals surface area contributed by atoms with Crippen LogP contribution < -0.4 is 16.6 Å². The van der Waals surface area contributed by atoms with E-state index < -0.39 is 12.0 Å². The molecule has 1 rings (SSSR count). The van der Waals surface area contributed by atoms with Gasteiger partial charge in [-0.25, -0.2) is 0 Å². The third kappa shape index (κ3) is 5.06. The minimum Gasteiger partial charge on any atom is -0.480 e. The third-order valence-corrected chi connectivity index (χ3v) is 2.36. The summed E-state index contributed by atoms with van der Waals surface area (Å²) in [6.07, 6.45) is 0.0764. The lowest BCUT2D eigenvalue weighted by Gasteiger charge is -2.09. The Hall–Kier alpha value is -2.59. The number of amides is 1. The summed E-state index contributed by atoms with van der Waals surface area (Å²) in [6, 6.07) is 7.43. The standard InChI is InChI=1S/C12H14N4O3/c13-7-8-1-3-9(4-2-8)15-16-11(17)6-5-10(14)12(18)19/h1-4,10,15H,5-6,14H2,(H,16,17)(H,18,19)/t10-/m1/s1. The van der Waals surface area contributed by atoms with Gasteiger partial charge >= 0.3 is 5.97 Å². The number of nitriles is 1. The Kier molecular flexibility index (Phi) is 5.32. The number of hydrogen-bond acceptors (Lipinski definition) is 5. The van der Waals surface area contributed by atoms with Gasteiger partial charge in [-0.1, -0.05) is 0 Å². The summed E-state index contributed by atoms with van der Waals surface area (Å²) in [7, 11) is 0. The lowest BCUT2D eigenvalue weighted by molar-refractivity contribution is -0.138. The first-order valence-electron chi connectivity index (χ1n) is 5.56. The third-order valence-electron chi connectivity index (χ3n) is 2.36. The van der Waals surface area contributed by atoms with Gasteiger partial charge in [0.15, 0.2) is 0 Å². The number of aliphatic carboxylic acids is 1. The van der Waals surface area contributed by atoms with Crippen LogP contribution in [-0.4, -0.2) is 23.0 Å². The van der Waals surface area contributed by atoms with Crippen molar-refractivity contribution in [3.63, 3.8) is 0 Å². The Morgan fingerprint density at radius 1 is 1.37 bits per heavy atom. The molecule has 5 N–H and O–H groups in total. The molecule has 0 unspecified atom stereocenters. The molecule has 1 atom stereocenters. The van der Waals surface area contributed by atoms with E-state index >= 15 is 0 Å². The van der Waals surface area contributed by atoms with Crippen molar-refractivity contribution >= 4 is 17.6 Å². The zero-order chi connectivity index (χ0) is 14.3. The van der Waals surface area contributed by atoms with Crippen molar-refractivity contribution in [2.45, 2.75) is 18.9 Å². The number of anilines is 1. The summed E-state index contributed by atoms with van der Waals surface area (Å²) < 4.78 is 0. The van der Waals surface area contributed by atoms with Crippen LogP contribution in [0, 0.1) is 11.3 Å². The summed E-state index contributed by atoms with van der Waals surface area (Å²) in [5.74, 6) is -1.49. The van der Waals surface area contributed by atoms with E-state index in [1.807, 2.05) is 6.07 Å². The second-order valence-electron chi connectivity index (χ2n) is 3.85. The maximum atomic E-state index is 11.4. The predicted octanol–water partition coefficient (Wildman–Crippen LogP) is 0.193. The molecule has 1 amide bonds. The van der Waals surface area contributed by atoms with Crippen LogP contribution in [0.5, 0.6) is 0 Å². The number of carboxylic acids is 1. The van der Waals surface area contributed by atoms with Crippen LogP contribution in [0.3, 0.4) is 0 Å². The van der Waals surface area contributed by atoms with Crippen molar-refractivity contribution in [1.82, 2.24) is 5.43 Å². The maximum Gasteiger partial charge on any atom is 0.320 e. The Bertz CT molecular complexity index is 493. The van der Waals surface area contributed by atoms with E-state index in [0.29, 0.717) is 11.3 Å². The highest BCUT2D eigenvalue weighted by Gasteiger charge is 2.13.